The van der Waals surface area contributed by atoms with E-state index in [9.17, 15) is 0 Å². The van der Waals surface area contributed by atoms with Crippen LogP contribution in [0, 0.1) is 25.7 Å². The number of hydrogen-bond acceptors (Lipinski definition) is 3. The molecule has 46 heavy (non-hydrogen) atoms. The van der Waals surface area contributed by atoms with Gasteiger partial charge >= 0.3 is 0 Å². The molecule has 1 aliphatic heterocycles. The standard InChI is InChI=1S/C41H36N4O/c1-23(2)41(24(3)4)34-13-9-12-32-31-19-17-28(22-37(31)45(38(32)34)40-35(41)14-10-20-42-40)46-27-16-18-29-30-11-7-8-15-36(30)44-26(6)25(5)43-39(44)33(29)21-27/h7-24H,1-6H3. The summed E-state index contributed by atoms with van der Waals surface area (Å²) in [7, 11) is 0. The number of imidazole rings is 1. The van der Waals surface area contributed by atoms with Crippen molar-refractivity contribution in [3.63, 3.8) is 0 Å². The highest BCUT2D eigenvalue weighted by Crippen LogP contribution is 2.54. The van der Waals surface area contributed by atoms with Crippen LogP contribution in [0.5, 0.6) is 11.5 Å². The average molecular weight is 601 g/mol. The van der Waals surface area contributed by atoms with Crippen molar-refractivity contribution in [2.75, 3.05) is 0 Å². The topological polar surface area (TPSA) is 44.3 Å². The summed E-state index contributed by atoms with van der Waals surface area (Å²) in [6.07, 6.45) is 1.93. The predicted molar refractivity (Wildman–Crippen MR) is 189 cm³/mol. The van der Waals surface area contributed by atoms with Gasteiger partial charge in [0, 0.05) is 50.5 Å². The first kappa shape index (κ1) is 27.2. The zero-order chi connectivity index (χ0) is 31.5. The van der Waals surface area contributed by atoms with Gasteiger partial charge in [0.05, 0.1) is 22.2 Å². The van der Waals surface area contributed by atoms with Gasteiger partial charge in [0.15, 0.2) is 0 Å². The molecule has 0 saturated carbocycles. The first-order chi connectivity index (χ1) is 22.3. The minimum atomic E-state index is -0.142. The van der Waals surface area contributed by atoms with Crippen LogP contribution in [0.3, 0.4) is 0 Å². The molecule has 4 aromatic carbocycles. The summed E-state index contributed by atoms with van der Waals surface area (Å²) in [4.78, 5) is 10.0. The fourth-order valence-electron chi connectivity index (χ4n) is 8.74. The van der Waals surface area contributed by atoms with Crippen LogP contribution < -0.4 is 4.74 Å². The summed E-state index contributed by atoms with van der Waals surface area (Å²) in [5, 5.41) is 5.93. The Hall–Kier alpha value is -5.16. The van der Waals surface area contributed by atoms with Crippen molar-refractivity contribution < 1.29 is 4.74 Å². The first-order valence-electron chi connectivity index (χ1n) is 16.3. The van der Waals surface area contributed by atoms with Gasteiger partial charge in [0.1, 0.15) is 23.0 Å². The Kier molecular flexibility index (Phi) is 5.57. The number of fused-ring (bicyclic) bond motifs is 11. The van der Waals surface area contributed by atoms with Crippen LogP contribution in [0.1, 0.15) is 50.2 Å². The highest BCUT2D eigenvalue weighted by molar-refractivity contribution is 6.13. The molecule has 0 atom stereocenters. The molecule has 0 N–H and O–H groups in total. The number of benzene rings is 4. The van der Waals surface area contributed by atoms with Gasteiger partial charge in [-0.3, -0.25) is 8.97 Å². The molecule has 4 aromatic heterocycles. The maximum Gasteiger partial charge on any atom is 0.145 e. The van der Waals surface area contributed by atoms with E-state index in [0.29, 0.717) is 11.8 Å². The predicted octanol–water partition coefficient (Wildman–Crippen LogP) is 10.5. The Balaban J connectivity index is 1.26. The quantitative estimate of drug-likeness (QED) is 0.189. The summed E-state index contributed by atoms with van der Waals surface area (Å²) in [5.74, 6) is 3.39. The van der Waals surface area contributed by atoms with E-state index in [1.54, 1.807) is 0 Å². The van der Waals surface area contributed by atoms with Crippen molar-refractivity contribution in [3.05, 3.63) is 120 Å². The van der Waals surface area contributed by atoms with Crippen molar-refractivity contribution in [1.29, 1.82) is 0 Å². The number of para-hydroxylation sites is 2. The maximum absolute atomic E-state index is 6.67. The van der Waals surface area contributed by atoms with Crippen LogP contribution in [0.15, 0.2) is 97.2 Å². The molecule has 0 radical (unpaired) electrons. The Morgan fingerprint density at radius 1 is 0.652 bits per heavy atom. The molecule has 0 spiro atoms. The molecule has 5 heteroatoms. The fraction of sp³-hybridized carbons (Fsp3) is 0.220. The first-order valence-corrected chi connectivity index (χ1v) is 16.3. The van der Waals surface area contributed by atoms with E-state index in [1.165, 1.54) is 43.7 Å². The molecule has 0 fully saturated rings. The molecule has 1 aliphatic rings. The lowest BCUT2D eigenvalue weighted by atomic mass is 9.59. The van der Waals surface area contributed by atoms with Crippen molar-refractivity contribution in [2.45, 2.75) is 47.0 Å². The monoisotopic (exact) mass is 600 g/mol. The lowest BCUT2D eigenvalue weighted by Gasteiger charge is -2.46. The summed E-state index contributed by atoms with van der Waals surface area (Å²) in [6.45, 7) is 13.6. The summed E-state index contributed by atoms with van der Waals surface area (Å²) in [5.41, 5.74) is 9.22. The van der Waals surface area contributed by atoms with Crippen molar-refractivity contribution in [3.8, 4) is 17.3 Å². The molecule has 0 aliphatic carbocycles. The lowest BCUT2D eigenvalue weighted by Crippen LogP contribution is -2.42. The van der Waals surface area contributed by atoms with Crippen LogP contribution >= 0.6 is 0 Å². The second kappa shape index (κ2) is 9.43. The SMILES string of the molecule is Cc1nc2c3cc(Oc4ccc5c6cccc7c6n(c5c4)-c4ncccc4C7(C(C)C)C(C)C)ccc3c3ccccc3n2c1C. The number of ether oxygens (including phenoxy) is 1. The third-order valence-electron chi connectivity index (χ3n) is 10.7. The smallest absolute Gasteiger partial charge is 0.145 e. The van der Waals surface area contributed by atoms with Crippen molar-refractivity contribution in [1.82, 2.24) is 18.9 Å². The van der Waals surface area contributed by atoms with Crippen molar-refractivity contribution in [2.24, 2.45) is 11.8 Å². The van der Waals surface area contributed by atoms with E-state index >= 15 is 0 Å². The van der Waals surface area contributed by atoms with Crippen LogP contribution in [0.4, 0.5) is 0 Å². The molecule has 8 aromatic rings. The zero-order valence-electron chi connectivity index (χ0n) is 27.1. The highest BCUT2D eigenvalue weighted by Gasteiger charge is 2.47. The molecular weight excluding hydrogens is 564 g/mol. The number of pyridine rings is 2. The highest BCUT2D eigenvalue weighted by atomic mass is 16.5. The molecule has 0 amide bonds. The van der Waals surface area contributed by atoms with Gasteiger partial charge < -0.3 is 4.74 Å². The minimum absolute atomic E-state index is 0.142. The average Bonchev–Trinajstić information content (AvgIpc) is 3.55. The van der Waals surface area contributed by atoms with Crippen LogP contribution in [0.25, 0.3) is 54.9 Å². The molecular formula is C41H36N4O. The number of rotatable bonds is 4. The Morgan fingerprint density at radius 3 is 2.15 bits per heavy atom. The number of aryl methyl sites for hydroxylation is 2. The van der Waals surface area contributed by atoms with E-state index in [4.69, 9.17) is 14.7 Å². The molecule has 226 valence electrons. The van der Waals surface area contributed by atoms with E-state index in [0.717, 1.165) is 45.3 Å². The van der Waals surface area contributed by atoms with Gasteiger partial charge in [-0.25, -0.2) is 9.97 Å². The second-order valence-corrected chi connectivity index (χ2v) is 13.5. The minimum Gasteiger partial charge on any atom is -0.457 e. The molecule has 5 nitrogen and oxygen atoms in total. The lowest BCUT2D eigenvalue weighted by molar-refractivity contribution is 0.271. The van der Waals surface area contributed by atoms with E-state index in [-0.39, 0.29) is 5.41 Å². The van der Waals surface area contributed by atoms with Gasteiger partial charge in [-0.05, 0) is 79.1 Å². The molecule has 0 saturated heterocycles. The van der Waals surface area contributed by atoms with E-state index in [1.807, 2.05) is 6.20 Å². The third-order valence-corrected chi connectivity index (χ3v) is 10.7. The fourth-order valence-corrected chi connectivity index (χ4v) is 8.74. The Labute approximate surface area is 268 Å². The zero-order valence-corrected chi connectivity index (χ0v) is 27.1. The number of nitrogens with zero attached hydrogens (tertiary/aromatic N) is 4. The Morgan fingerprint density at radius 2 is 1.35 bits per heavy atom. The van der Waals surface area contributed by atoms with Gasteiger partial charge in [0.2, 0.25) is 0 Å². The second-order valence-electron chi connectivity index (χ2n) is 13.5. The van der Waals surface area contributed by atoms with Crippen molar-refractivity contribution >= 4 is 49.1 Å². The van der Waals surface area contributed by atoms with Crippen LogP contribution in [0.2, 0.25) is 0 Å². The third kappa shape index (κ3) is 3.35. The van der Waals surface area contributed by atoms with Gasteiger partial charge in [0.25, 0.3) is 0 Å². The van der Waals surface area contributed by atoms with Crippen LogP contribution in [-0.4, -0.2) is 18.9 Å². The van der Waals surface area contributed by atoms with E-state index < -0.39 is 0 Å². The van der Waals surface area contributed by atoms with E-state index in [2.05, 4.69) is 142 Å². The Bertz CT molecular complexity index is 2540. The number of hydrogen-bond donors (Lipinski definition) is 0. The largest absolute Gasteiger partial charge is 0.457 e. The van der Waals surface area contributed by atoms with Gasteiger partial charge in [-0.15, -0.1) is 0 Å². The maximum atomic E-state index is 6.67. The number of aromatic nitrogens is 4. The van der Waals surface area contributed by atoms with Gasteiger partial charge in [-0.2, -0.15) is 0 Å². The summed E-state index contributed by atoms with van der Waals surface area (Å²) in [6, 6.07) is 32.6. The molecule has 5 heterocycles. The summed E-state index contributed by atoms with van der Waals surface area (Å²) < 4.78 is 11.3. The molecule has 0 unspecified atom stereocenters. The normalized spacial score (nSPS) is 14.0. The molecule has 9 rings (SSSR count). The van der Waals surface area contributed by atoms with Crippen LogP contribution in [-0.2, 0) is 5.41 Å². The molecule has 0 bridgehead atoms. The van der Waals surface area contributed by atoms with Gasteiger partial charge in [-0.1, -0.05) is 70.2 Å². The summed E-state index contributed by atoms with van der Waals surface area (Å²) >= 11 is 0.